The van der Waals surface area contributed by atoms with E-state index in [2.05, 4.69) is 4.72 Å². The largest absolute Gasteiger partial charge is 0.391 e. The Balaban J connectivity index is 1.86. The zero-order valence-corrected chi connectivity index (χ0v) is 11.9. The van der Waals surface area contributed by atoms with Crippen molar-refractivity contribution < 1.29 is 13.5 Å². The Bertz CT molecular complexity index is 454. The SMILES string of the molecule is CC(C)(C)NS(=O)(=O)N1CC2CC3CC2C1C3O. The van der Waals surface area contributed by atoms with E-state index in [4.69, 9.17) is 0 Å². The lowest BCUT2D eigenvalue weighted by Crippen LogP contribution is -2.52. The topological polar surface area (TPSA) is 69.6 Å². The van der Waals surface area contributed by atoms with Gasteiger partial charge >= 0.3 is 0 Å². The highest BCUT2D eigenvalue weighted by molar-refractivity contribution is 7.87. The van der Waals surface area contributed by atoms with Crippen molar-refractivity contribution in [3.05, 3.63) is 0 Å². The molecule has 3 aliphatic rings. The summed E-state index contributed by atoms with van der Waals surface area (Å²) in [6.45, 7) is 6.09. The van der Waals surface area contributed by atoms with E-state index >= 15 is 0 Å². The van der Waals surface area contributed by atoms with Crippen molar-refractivity contribution in [2.75, 3.05) is 6.54 Å². The van der Waals surface area contributed by atoms with Gasteiger partial charge in [-0.3, -0.25) is 0 Å². The van der Waals surface area contributed by atoms with Crippen LogP contribution in [-0.2, 0) is 10.2 Å². The summed E-state index contributed by atoms with van der Waals surface area (Å²) < 4.78 is 29.0. The van der Waals surface area contributed by atoms with E-state index < -0.39 is 21.9 Å². The average Bonchev–Trinajstić information content (AvgIpc) is 2.71. The van der Waals surface area contributed by atoms with Crippen LogP contribution in [-0.4, -0.2) is 42.1 Å². The van der Waals surface area contributed by atoms with Crippen molar-refractivity contribution in [2.45, 2.75) is 51.3 Å². The molecule has 1 heterocycles. The number of aliphatic hydroxyl groups excluding tert-OH is 1. The molecule has 2 bridgehead atoms. The van der Waals surface area contributed by atoms with Gasteiger partial charge in [0.15, 0.2) is 0 Å². The van der Waals surface area contributed by atoms with E-state index in [-0.39, 0.29) is 6.04 Å². The lowest BCUT2D eigenvalue weighted by Gasteiger charge is -2.31. The first kappa shape index (κ1) is 12.8. The van der Waals surface area contributed by atoms with E-state index in [1.165, 1.54) is 4.31 Å². The smallest absolute Gasteiger partial charge is 0.280 e. The zero-order valence-electron chi connectivity index (χ0n) is 11.1. The number of hydrogen-bond acceptors (Lipinski definition) is 3. The zero-order chi connectivity index (χ0) is 13.3. The van der Waals surface area contributed by atoms with Gasteiger partial charge in [0.05, 0.1) is 12.1 Å². The van der Waals surface area contributed by atoms with Crippen LogP contribution in [0.1, 0.15) is 33.6 Å². The molecule has 18 heavy (non-hydrogen) atoms. The molecule has 0 aromatic heterocycles. The van der Waals surface area contributed by atoms with Crippen molar-refractivity contribution in [1.82, 2.24) is 9.03 Å². The molecule has 5 nitrogen and oxygen atoms in total. The van der Waals surface area contributed by atoms with Crippen molar-refractivity contribution in [2.24, 2.45) is 17.8 Å². The van der Waals surface area contributed by atoms with Gasteiger partial charge in [-0.1, -0.05) is 0 Å². The number of nitrogens with one attached hydrogen (secondary N) is 1. The third kappa shape index (κ3) is 1.81. The number of rotatable bonds is 2. The highest BCUT2D eigenvalue weighted by Gasteiger charge is 2.61. The molecule has 1 saturated heterocycles. The fourth-order valence-electron chi connectivity index (χ4n) is 4.08. The Morgan fingerprint density at radius 1 is 1.22 bits per heavy atom. The second-order valence-electron chi connectivity index (χ2n) is 7.06. The molecular weight excluding hydrogens is 252 g/mol. The Hall–Kier alpha value is -0.170. The third-order valence-electron chi connectivity index (χ3n) is 4.55. The molecule has 3 fully saturated rings. The molecule has 5 unspecified atom stereocenters. The Morgan fingerprint density at radius 3 is 2.44 bits per heavy atom. The third-order valence-corrected chi connectivity index (χ3v) is 6.43. The monoisotopic (exact) mass is 274 g/mol. The van der Waals surface area contributed by atoms with E-state index in [1.807, 2.05) is 20.8 Å². The van der Waals surface area contributed by atoms with Crippen LogP contribution in [0.25, 0.3) is 0 Å². The molecule has 2 N–H and O–H groups in total. The molecule has 6 heteroatoms. The van der Waals surface area contributed by atoms with Crippen molar-refractivity contribution >= 4 is 10.2 Å². The standard InChI is InChI=1S/C12H22N2O3S/c1-12(2,3)13-18(16,17)14-6-8-4-7-5-9(8)10(14)11(7)15/h7-11,13,15H,4-6H2,1-3H3. The summed E-state index contributed by atoms with van der Waals surface area (Å²) in [7, 11) is -3.49. The average molecular weight is 274 g/mol. The number of fused-ring (bicyclic) bond motifs is 1. The van der Waals surface area contributed by atoms with Crippen LogP contribution in [0.5, 0.6) is 0 Å². The number of aliphatic hydroxyl groups is 1. The summed E-state index contributed by atoms with van der Waals surface area (Å²) in [5.41, 5.74) is -0.483. The van der Waals surface area contributed by atoms with Crippen LogP contribution in [0, 0.1) is 17.8 Å². The van der Waals surface area contributed by atoms with E-state index in [1.54, 1.807) is 0 Å². The van der Waals surface area contributed by atoms with Crippen LogP contribution in [0.15, 0.2) is 0 Å². The van der Waals surface area contributed by atoms with Gasteiger partial charge in [-0.15, -0.1) is 0 Å². The van der Waals surface area contributed by atoms with Gasteiger partial charge in [0.1, 0.15) is 0 Å². The summed E-state index contributed by atoms with van der Waals surface area (Å²) in [5, 5.41) is 10.2. The van der Waals surface area contributed by atoms with Gasteiger partial charge in [-0.2, -0.15) is 17.4 Å². The van der Waals surface area contributed by atoms with Crippen LogP contribution in [0.3, 0.4) is 0 Å². The fourth-order valence-corrected chi connectivity index (χ4v) is 5.96. The van der Waals surface area contributed by atoms with Gasteiger partial charge < -0.3 is 5.11 Å². The molecule has 3 rings (SSSR count). The maximum atomic E-state index is 12.4. The maximum Gasteiger partial charge on any atom is 0.280 e. The van der Waals surface area contributed by atoms with Crippen LogP contribution in [0.4, 0.5) is 0 Å². The van der Waals surface area contributed by atoms with Crippen LogP contribution >= 0.6 is 0 Å². The molecule has 0 radical (unpaired) electrons. The minimum Gasteiger partial charge on any atom is -0.391 e. The second kappa shape index (κ2) is 3.69. The summed E-state index contributed by atoms with van der Waals surface area (Å²) in [6, 6.07) is -0.186. The quantitative estimate of drug-likeness (QED) is 0.762. The number of hydrogen-bond donors (Lipinski definition) is 2. The van der Waals surface area contributed by atoms with Gasteiger partial charge in [0.2, 0.25) is 0 Å². The van der Waals surface area contributed by atoms with Gasteiger partial charge in [-0.05, 0) is 51.4 Å². The number of nitrogens with zero attached hydrogens (tertiary/aromatic N) is 1. The molecule has 0 amide bonds. The van der Waals surface area contributed by atoms with Gasteiger partial charge in [-0.25, -0.2) is 0 Å². The fraction of sp³-hybridized carbons (Fsp3) is 1.00. The summed E-state index contributed by atoms with van der Waals surface area (Å²) in [6.07, 6.45) is 1.52. The minimum absolute atomic E-state index is 0.186. The molecule has 0 aromatic rings. The molecule has 1 aliphatic heterocycles. The normalized spacial score (nSPS) is 43.9. The molecule has 2 aliphatic carbocycles. The molecule has 0 spiro atoms. The lowest BCUT2D eigenvalue weighted by atomic mass is 9.88. The summed E-state index contributed by atoms with van der Waals surface area (Å²) in [5.74, 6) is 1.15. The van der Waals surface area contributed by atoms with Gasteiger partial charge in [0, 0.05) is 12.1 Å². The van der Waals surface area contributed by atoms with E-state index in [0.717, 1.165) is 12.8 Å². The maximum absolute atomic E-state index is 12.4. The predicted molar refractivity (Wildman–Crippen MR) is 68.0 cm³/mol. The molecule has 0 aromatic carbocycles. The lowest BCUT2D eigenvalue weighted by molar-refractivity contribution is 0.0725. The molecule has 5 atom stereocenters. The first-order chi connectivity index (χ1) is 8.19. The minimum atomic E-state index is -3.49. The first-order valence-electron chi connectivity index (χ1n) is 6.68. The Kier molecular flexibility index (Phi) is 2.63. The van der Waals surface area contributed by atoms with E-state index in [0.29, 0.717) is 24.3 Å². The van der Waals surface area contributed by atoms with Gasteiger partial charge in [0.25, 0.3) is 10.2 Å². The summed E-state index contributed by atoms with van der Waals surface area (Å²) >= 11 is 0. The molecule has 104 valence electrons. The molecule has 2 saturated carbocycles. The highest BCUT2D eigenvalue weighted by Crippen LogP contribution is 2.55. The molecular formula is C12H22N2O3S. The van der Waals surface area contributed by atoms with Crippen molar-refractivity contribution in [3.8, 4) is 0 Å². The second-order valence-corrected chi connectivity index (χ2v) is 8.69. The Morgan fingerprint density at radius 2 is 1.89 bits per heavy atom. The van der Waals surface area contributed by atoms with Crippen molar-refractivity contribution in [1.29, 1.82) is 0 Å². The van der Waals surface area contributed by atoms with Crippen LogP contribution < -0.4 is 4.72 Å². The highest BCUT2D eigenvalue weighted by atomic mass is 32.2. The van der Waals surface area contributed by atoms with Crippen molar-refractivity contribution in [3.63, 3.8) is 0 Å². The Labute approximate surface area is 109 Å². The van der Waals surface area contributed by atoms with Crippen LogP contribution in [0.2, 0.25) is 0 Å². The van der Waals surface area contributed by atoms with E-state index in [9.17, 15) is 13.5 Å². The first-order valence-corrected chi connectivity index (χ1v) is 8.12. The summed E-state index contributed by atoms with van der Waals surface area (Å²) in [4.78, 5) is 0. The predicted octanol–water partition coefficient (Wildman–Crippen LogP) is 0.320.